The summed E-state index contributed by atoms with van der Waals surface area (Å²) >= 11 is 0. The van der Waals surface area contributed by atoms with Crippen LogP contribution in [-0.4, -0.2) is 49.9 Å². The Bertz CT molecular complexity index is 1220. The number of aromatic nitrogens is 4. The lowest BCUT2D eigenvalue weighted by Gasteiger charge is -2.26. The van der Waals surface area contributed by atoms with Gasteiger partial charge in [-0.15, -0.1) is 0 Å². The lowest BCUT2D eigenvalue weighted by Crippen LogP contribution is -2.29. The predicted molar refractivity (Wildman–Crippen MR) is 111 cm³/mol. The van der Waals surface area contributed by atoms with Crippen LogP contribution in [0.5, 0.6) is 0 Å². The van der Waals surface area contributed by atoms with Crippen LogP contribution < -0.4 is 10.6 Å². The van der Waals surface area contributed by atoms with Crippen LogP contribution in [0.15, 0.2) is 18.3 Å². The first-order valence-corrected chi connectivity index (χ1v) is 10.2. The molecule has 1 aliphatic heterocycles. The molecule has 3 N–H and O–H groups in total. The molecule has 3 heterocycles. The van der Waals surface area contributed by atoms with Crippen molar-refractivity contribution in [2.45, 2.75) is 50.3 Å². The maximum absolute atomic E-state index is 14.4. The van der Waals surface area contributed by atoms with Gasteiger partial charge in [0.25, 0.3) is 0 Å². The SMILES string of the molecule is [2H]C1OC([2H])C(n2c(Nc3c(F)cc(F)cc3F)nc3cnc(NC4CCC(O)CC4)nc32)C1[2H]. The molecule has 4 atom stereocenters. The first-order valence-electron chi connectivity index (χ1n) is 12.0. The number of nitrogens with zero attached hydrogens (tertiary/aromatic N) is 4. The highest BCUT2D eigenvalue weighted by molar-refractivity contribution is 5.76. The summed E-state index contributed by atoms with van der Waals surface area (Å²) in [6, 6.07) is -0.0161. The molecule has 4 unspecified atom stereocenters. The van der Waals surface area contributed by atoms with E-state index >= 15 is 0 Å². The molecule has 2 aromatic heterocycles. The van der Waals surface area contributed by atoms with Crippen molar-refractivity contribution in [3.05, 3.63) is 35.8 Å². The van der Waals surface area contributed by atoms with Crippen molar-refractivity contribution < 1.29 is 27.1 Å². The Morgan fingerprint density at radius 2 is 1.88 bits per heavy atom. The zero-order valence-corrected chi connectivity index (χ0v) is 16.8. The molecule has 1 saturated carbocycles. The van der Waals surface area contributed by atoms with Gasteiger partial charge in [0.15, 0.2) is 17.3 Å². The van der Waals surface area contributed by atoms with Crippen LogP contribution >= 0.6 is 0 Å². The van der Waals surface area contributed by atoms with Gasteiger partial charge in [-0.05, 0) is 32.1 Å². The third kappa shape index (κ3) is 4.09. The van der Waals surface area contributed by atoms with E-state index < -0.39 is 48.7 Å². The highest BCUT2D eigenvalue weighted by Crippen LogP contribution is 2.32. The van der Waals surface area contributed by atoms with Crippen LogP contribution in [0.2, 0.25) is 0 Å². The average molecular weight is 451 g/mol. The number of anilines is 3. The summed E-state index contributed by atoms with van der Waals surface area (Å²) in [5.41, 5.74) is -0.284. The maximum atomic E-state index is 14.4. The molecular formula is C21H23F3N6O2. The minimum absolute atomic E-state index is 0.0347. The zero-order chi connectivity index (χ0) is 24.9. The summed E-state index contributed by atoms with van der Waals surface area (Å²) in [7, 11) is 0. The zero-order valence-electron chi connectivity index (χ0n) is 19.8. The number of hydrogen-bond acceptors (Lipinski definition) is 7. The molecule has 2 aliphatic rings. The third-order valence-electron chi connectivity index (χ3n) is 5.58. The number of hydrogen-bond donors (Lipinski definition) is 3. The number of fused-ring (bicyclic) bond motifs is 1. The van der Waals surface area contributed by atoms with E-state index in [1.54, 1.807) is 0 Å². The molecule has 0 bridgehead atoms. The second-order valence-electron chi connectivity index (χ2n) is 7.82. The van der Waals surface area contributed by atoms with E-state index in [2.05, 4.69) is 25.6 Å². The van der Waals surface area contributed by atoms with Crippen molar-refractivity contribution >= 4 is 28.7 Å². The third-order valence-corrected chi connectivity index (χ3v) is 5.58. The molecule has 11 heteroatoms. The molecule has 0 radical (unpaired) electrons. The first kappa shape index (κ1) is 17.6. The molecule has 3 aromatic rings. The number of imidazole rings is 1. The van der Waals surface area contributed by atoms with E-state index in [0.29, 0.717) is 25.0 Å². The van der Waals surface area contributed by atoms with Gasteiger partial charge in [0.1, 0.15) is 17.0 Å². The van der Waals surface area contributed by atoms with Gasteiger partial charge in [-0.2, -0.15) is 4.98 Å². The molecule has 32 heavy (non-hydrogen) atoms. The number of halogens is 3. The van der Waals surface area contributed by atoms with E-state index in [1.165, 1.54) is 10.8 Å². The Balaban J connectivity index is 1.57. The summed E-state index contributed by atoms with van der Waals surface area (Å²) in [6.45, 7) is -2.66. The van der Waals surface area contributed by atoms with Gasteiger partial charge in [-0.3, -0.25) is 4.57 Å². The van der Waals surface area contributed by atoms with Gasteiger partial charge in [-0.1, -0.05) is 0 Å². The Labute approximate surface area is 186 Å². The average Bonchev–Trinajstić information content (AvgIpc) is 3.27. The summed E-state index contributed by atoms with van der Waals surface area (Å²) < 4.78 is 73.1. The number of rotatable bonds is 5. The lowest BCUT2D eigenvalue weighted by atomic mass is 9.93. The van der Waals surface area contributed by atoms with E-state index in [-0.39, 0.29) is 35.2 Å². The van der Waals surface area contributed by atoms with Gasteiger partial charge in [0, 0.05) is 26.1 Å². The fourth-order valence-corrected chi connectivity index (χ4v) is 3.95. The number of aliphatic hydroxyl groups excluding tert-OH is 1. The fourth-order valence-electron chi connectivity index (χ4n) is 3.95. The molecule has 1 aliphatic carbocycles. The Morgan fingerprint density at radius 3 is 2.56 bits per heavy atom. The molecule has 8 nitrogen and oxygen atoms in total. The molecule has 0 spiro atoms. The molecule has 170 valence electrons. The highest BCUT2D eigenvalue weighted by Gasteiger charge is 2.27. The van der Waals surface area contributed by atoms with Crippen LogP contribution in [0.3, 0.4) is 0 Å². The van der Waals surface area contributed by atoms with Crippen molar-refractivity contribution in [1.82, 2.24) is 19.5 Å². The lowest BCUT2D eigenvalue weighted by molar-refractivity contribution is 0.126. The molecule has 0 amide bonds. The quantitative estimate of drug-likeness (QED) is 0.545. The predicted octanol–water partition coefficient (Wildman–Crippen LogP) is 3.66. The smallest absolute Gasteiger partial charge is 0.224 e. The summed E-state index contributed by atoms with van der Waals surface area (Å²) in [5.74, 6) is -3.39. The second-order valence-corrected chi connectivity index (χ2v) is 7.82. The summed E-state index contributed by atoms with van der Waals surface area (Å²) in [4.78, 5) is 13.1. The van der Waals surface area contributed by atoms with E-state index in [9.17, 15) is 18.3 Å². The monoisotopic (exact) mass is 451 g/mol. The van der Waals surface area contributed by atoms with Crippen LogP contribution in [0.4, 0.5) is 30.8 Å². The molecule has 5 rings (SSSR count). The standard InChI is InChI=1S/C21H23F3N6O2/c22-11-7-15(23)18(16(24)8-11)28-21-27-17-9-25-20(26-12-1-3-14(31)4-2-12)29-19(17)30(21)13-5-6-32-10-13/h7-9,12-14,31H,1-6,10H2,(H,27,28)(H,25,26,29)/i5D,6D,10D. The Hall–Kier alpha value is -2.92. The molecular weight excluding hydrogens is 425 g/mol. The van der Waals surface area contributed by atoms with E-state index in [4.69, 9.17) is 8.85 Å². The molecule has 2 fully saturated rings. The topological polar surface area (TPSA) is 97.1 Å². The second kappa shape index (κ2) is 8.55. The van der Waals surface area contributed by atoms with Gasteiger partial charge in [-0.25, -0.2) is 23.1 Å². The van der Waals surface area contributed by atoms with Crippen LogP contribution in [0, 0.1) is 17.5 Å². The van der Waals surface area contributed by atoms with Crippen LogP contribution in [-0.2, 0) is 4.74 Å². The highest BCUT2D eigenvalue weighted by atomic mass is 19.1. The minimum Gasteiger partial charge on any atom is -0.393 e. The van der Waals surface area contributed by atoms with Gasteiger partial charge in [0.2, 0.25) is 11.9 Å². The summed E-state index contributed by atoms with van der Waals surface area (Å²) in [5, 5.41) is 15.4. The van der Waals surface area contributed by atoms with Crippen molar-refractivity contribution in [3.63, 3.8) is 0 Å². The largest absolute Gasteiger partial charge is 0.393 e. The Kier molecular flexibility index (Phi) is 4.71. The Morgan fingerprint density at radius 1 is 1.12 bits per heavy atom. The normalized spacial score (nSPS) is 31.8. The van der Waals surface area contributed by atoms with E-state index in [0.717, 1.165) is 12.8 Å². The van der Waals surface area contributed by atoms with Crippen LogP contribution in [0.1, 0.15) is 42.2 Å². The number of ether oxygens (including phenoxy) is 1. The summed E-state index contributed by atoms with van der Waals surface area (Å²) in [6.07, 6.45) is 2.58. The molecule has 1 saturated heterocycles. The van der Waals surface area contributed by atoms with Gasteiger partial charge in [0.05, 0.1) is 27.7 Å². The van der Waals surface area contributed by atoms with E-state index in [1.807, 2.05) is 0 Å². The van der Waals surface area contributed by atoms with Crippen molar-refractivity contribution in [1.29, 1.82) is 0 Å². The van der Waals surface area contributed by atoms with Crippen molar-refractivity contribution in [2.24, 2.45) is 0 Å². The number of nitrogens with one attached hydrogen (secondary N) is 2. The fraction of sp³-hybridized carbons (Fsp3) is 0.476. The van der Waals surface area contributed by atoms with Gasteiger partial charge < -0.3 is 20.5 Å². The van der Waals surface area contributed by atoms with Crippen molar-refractivity contribution in [2.75, 3.05) is 23.8 Å². The minimum atomic E-state index is -1.34. The van der Waals surface area contributed by atoms with Crippen molar-refractivity contribution in [3.8, 4) is 0 Å². The molecule has 1 aromatic carbocycles. The first-order chi connectivity index (χ1) is 16.7. The van der Waals surface area contributed by atoms with Gasteiger partial charge >= 0.3 is 0 Å². The number of aliphatic hydroxyl groups is 1. The van der Waals surface area contributed by atoms with Crippen LogP contribution in [0.25, 0.3) is 11.2 Å². The number of benzene rings is 1. The maximum Gasteiger partial charge on any atom is 0.224 e.